The first-order chi connectivity index (χ1) is 14.2. The van der Waals surface area contributed by atoms with Crippen molar-refractivity contribution in [3.05, 3.63) is 46.9 Å². The first-order valence-corrected chi connectivity index (χ1v) is 9.47. The predicted octanol–water partition coefficient (Wildman–Crippen LogP) is 3.74. The van der Waals surface area contributed by atoms with Crippen LogP contribution in [-0.2, 0) is 4.74 Å². The summed E-state index contributed by atoms with van der Waals surface area (Å²) in [5.74, 6) is -1.13. The number of hydrogen-bond acceptors (Lipinski definition) is 5. The fourth-order valence-corrected chi connectivity index (χ4v) is 3.54. The maximum atomic E-state index is 12.7. The van der Waals surface area contributed by atoms with Crippen molar-refractivity contribution in [3.63, 3.8) is 0 Å². The Bertz CT molecular complexity index is 924. The summed E-state index contributed by atoms with van der Waals surface area (Å²) in [7, 11) is 1.32. The van der Waals surface area contributed by atoms with Crippen LogP contribution in [0.5, 0.6) is 5.88 Å². The minimum atomic E-state index is -4.52. The maximum absolute atomic E-state index is 12.7. The third kappa shape index (κ3) is 5.05. The Hall–Kier alpha value is -2.75. The zero-order valence-corrected chi connectivity index (χ0v) is 16.7. The second-order valence-corrected chi connectivity index (χ2v) is 7.14. The summed E-state index contributed by atoms with van der Waals surface area (Å²) >= 11 is 5.92. The molecule has 0 atom stereocenters. The molecule has 3 heterocycles. The van der Waals surface area contributed by atoms with Gasteiger partial charge in [0.2, 0.25) is 5.88 Å². The number of esters is 1. The molecule has 0 spiro atoms. The number of methoxy groups -OCH3 is 1. The molecule has 0 aromatic carbocycles. The molecule has 0 unspecified atom stereocenters. The number of piperidine rings is 1. The standard InChI is InChI=1S/C19H19ClF3N3O4/c1-29-18(28)15-3-2-6-26(15)13-4-7-25(8-5-13)17(27)12-9-14(20)16(24-10-12)30-11-19(21,22)23/h2-3,6,9-10,13H,4-5,7-8,11H2,1H3. The molecule has 0 bridgehead atoms. The van der Waals surface area contributed by atoms with Crippen molar-refractivity contribution in [2.75, 3.05) is 26.8 Å². The van der Waals surface area contributed by atoms with Crippen LogP contribution in [0.4, 0.5) is 13.2 Å². The Morgan fingerprint density at radius 1 is 1.30 bits per heavy atom. The molecule has 2 aromatic rings. The lowest BCUT2D eigenvalue weighted by atomic mass is 10.0. The molecule has 0 N–H and O–H groups in total. The third-order valence-corrected chi connectivity index (χ3v) is 5.02. The van der Waals surface area contributed by atoms with Crippen molar-refractivity contribution in [1.29, 1.82) is 0 Å². The highest BCUT2D eigenvalue weighted by Gasteiger charge is 2.30. The number of ether oxygens (including phenoxy) is 2. The molecule has 162 valence electrons. The van der Waals surface area contributed by atoms with E-state index in [0.29, 0.717) is 31.6 Å². The van der Waals surface area contributed by atoms with Gasteiger partial charge in [-0.15, -0.1) is 0 Å². The monoisotopic (exact) mass is 445 g/mol. The number of halogens is 4. The van der Waals surface area contributed by atoms with Crippen LogP contribution in [0, 0.1) is 0 Å². The average Bonchev–Trinajstić information content (AvgIpc) is 3.21. The van der Waals surface area contributed by atoms with Crippen molar-refractivity contribution in [2.45, 2.75) is 25.1 Å². The van der Waals surface area contributed by atoms with Gasteiger partial charge < -0.3 is 18.9 Å². The van der Waals surface area contributed by atoms with Crippen LogP contribution in [0.3, 0.4) is 0 Å². The van der Waals surface area contributed by atoms with E-state index >= 15 is 0 Å². The molecule has 2 aromatic heterocycles. The molecule has 0 saturated carbocycles. The quantitative estimate of drug-likeness (QED) is 0.655. The molecule has 1 fully saturated rings. The predicted molar refractivity (Wildman–Crippen MR) is 101 cm³/mol. The lowest BCUT2D eigenvalue weighted by Gasteiger charge is -2.33. The largest absolute Gasteiger partial charge is 0.467 e. The zero-order valence-electron chi connectivity index (χ0n) is 16.0. The van der Waals surface area contributed by atoms with E-state index in [1.165, 1.54) is 13.2 Å². The van der Waals surface area contributed by atoms with Gasteiger partial charge in [0.25, 0.3) is 5.91 Å². The highest BCUT2D eigenvalue weighted by atomic mass is 35.5. The molecule has 11 heteroatoms. The molecular weight excluding hydrogens is 427 g/mol. The van der Waals surface area contributed by atoms with Crippen LogP contribution in [0.15, 0.2) is 30.6 Å². The summed E-state index contributed by atoms with van der Waals surface area (Å²) < 4.78 is 48.0. The minimum absolute atomic E-state index is 0.0398. The number of nitrogens with zero attached hydrogens (tertiary/aromatic N) is 3. The topological polar surface area (TPSA) is 73.7 Å². The maximum Gasteiger partial charge on any atom is 0.422 e. The zero-order chi connectivity index (χ0) is 21.9. The van der Waals surface area contributed by atoms with E-state index in [1.54, 1.807) is 23.2 Å². The Morgan fingerprint density at radius 2 is 2.00 bits per heavy atom. The first-order valence-electron chi connectivity index (χ1n) is 9.09. The van der Waals surface area contributed by atoms with Crippen molar-refractivity contribution in [2.24, 2.45) is 0 Å². The molecule has 7 nitrogen and oxygen atoms in total. The number of likely N-dealkylation sites (tertiary alicyclic amines) is 1. The van der Waals surface area contributed by atoms with E-state index in [1.807, 2.05) is 4.57 Å². The molecule has 0 radical (unpaired) electrons. The summed E-state index contributed by atoms with van der Waals surface area (Å²) in [5.41, 5.74) is 0.613. The molecule has 30 heavy (non-hydrogen) atoms. The Kier molecular flexibility index (Phi) is 6.55. The average molecular weight is 446 g/mol. The summed E-state index contributed by atoms with van der Waals surface area (Å²) in [4.78, 5) is 29.9. The van der Waals surface area contributed by atoms with Gasteiger partial charge in [-0.2, -0.15) is 13.2 Å². The van der Waals surface area contributed by atoms with Gasteiger partial charge in [-0.25, -0.2) is 9.78 Å². The number of carbonyl (C=O) groups excluding carboxylic acids is 2. The number of aromatic nitrogens is 2. The second kappa shape index (κ2) is 8.95. The molecule has 1 saturated heterocycles. The number of carbonyl (C=O) groups is 2. The molecule has 3 rings (SSSR count). The first kappa shape index (κ1) is 21.9. The number of rotatable bonds is 5. The van der Waals surface area contributed by atoms with Crippen LogP contribution in [0.2, 0.25) is 5.02 Å². The van der Waals surface area contributed by atoms with Crippen molar-refractivity contribution in [3.8, 4) is 5.88 Å². The number of hydrogen-bond donors (Lipinski definition) is 0. The fourth-order valence-electron chi connectivity index (χ4n) is 3.32. The Balaban J connectivity index is 1.62. The van der Waals surface area contributed by atoms with E-state index < -0.39 is 18.8 Å². The van der Waals surface area contributed by atoms with Crippen molar-refractivity contribution < 1.29 is 32.2 Å². The van der Waals surface area contributed by atoms with Gasteiger partial charge in [0, 0.05) is 31.5 Å². The number of amides is 1. The smallest absolute Gasteiger partial charge is 0.422 e. The summed E-state index contributed by atoms with van der Waals surface area (Å²) in [6.45, 7) is -0.647. The third-order valence-electron chi connectivity index (χ3n) is 4.75. The van der Waals surface area contributed by atoms with Crippen LogP contribution >= 0.6 is 11.6 Å². The summed E-state index contributed by atoms with van der Waals surface area (Å²) in [6.07, 6.45) is -0.320. The second-order valence-electron chi connectivity index (χ2n) is 6.73. The van der Waals surface area contributed by atoms with Crippen LogP contribution < -0.4 is 4.74 Å². The van der Waals surface area contributed by atoms with E-state index in [0.717, 1.165) is 6.20 Å². The van der Waals surface area contributed by atoms with Gasteiger partial charge in [-0.1, -0.05) is 11.6 Å². The minimum Gasteiger partial charge on any atom is -0.467 e. The van der Waals surface area contributed by atoms with E-state index in [2.05, 4.69) is 9.72 Å². The van der Waals surface area contributed by atoms with Crippen LogP contribution in [0.1, 0.15) is 39.7 Å². The van der Waals surface area contributed by atoms with E-state index in [-0.39, 0.29) is 28.4 Å². The van der Waals surface area contributed by atoms with Gasteiger partial charge in [-0.3, -0.25) is 4.79 Å². The Labute approximate surface area is 175 Å². The van der Waals surface area contributed by atoms with Crippen LogP contribution in [0.25, 0.3) is 0 Å². The van der Waals surface area contributed by atoms with Gasteiger partial charge in [0.1, 0.15) is 10.7 Å². The van der Waals surface area contributed by atoms with E-state index in [9.17, 15) is 22.8 Å². The lowest BCUT2D eigenvalue weighted by molar-refractivity contribution is -0.154. The van der Waals surface area contributed by atoms with Crippen LogP contribution in [-0.4, -0.2) is 59.3 Å². The molecule has 1 aliphatic heterocycles. The van der Waals surface area contributed by atoms with E-state index in [4.69, 9.17) is 16.3 Å². The summed E-state index contributed by atoms with van der Waals surface area (Å²) in [6, 6.07) is 4.73. The van der Waals surface area contributed by atoms with Crippen molar-refractivity contribution >= 4 is 23.5 Å². The fraction of sp³-hybridized carbons (Fsp3) is 0.421. The van der Waals surface area contributed by atoms with Gasteiger partial charge in [-0.05, 0) is 31.0 Å². The van der Waals surface area contributed by atoms with Gasteiger partial charge in [0.05, 0.1) is 12.7 Å². The normalized spacial score (nSPS) is 15.2. The van der Waals surface area contributed by atoms with Crippen molar-refractivity contribution in [1.82, 2.24) is 14.5 Å². The lowest BCUT2D eigenvalue weighted by Crippen LogP contribution is -2.39. The summed E-state index contributed by atoms with van der Waals surface area (Å²) in [5, 5.41) is -0.171. The SMILES string of the molecule is COC(=O)c1cccn1C1CCN(C(=O)c2cnc(OCC(F)(F)F)c(Cl)c2)CC1. The highest BCUT2D eigenvalue weighted by Crippen LogP contribution is 2.28. The molecule has 0 aliphatic carbocycles. The number of pyridine rings is 1. The molecule has 1 aliphatic rings. The molecular formula is C19H19ClF3N3O4. The number of alkyl halides is 3. The highest BCUT2D eigenvalue weighted by molar-refractivity contribution is 6.32. The van der Waals surface area contributed by atoms with Gasteiger partial charge >= 0.3 is 12.1 Å². The molecule has 1 amide bonds. The van der Waals surface area contributed by atoms with Gasteiger partial charge in [0.15, 0.2) is 6.61 Å². The Morgan fingerprint density at radius 3 is 2.60 bits per heavy atom.